The number of hydrogen-bond acceptors (Lipinski definition) is 10. The molecule has 2 aromatic heterocycles. The summed E-state index contributed by atoms with van der Waals surface area (Å²) in [6.45, 7) is 9.98. The molecular formula is C46H51N7O8. The molecule has 15 heteroatoms. The Morgan fingerprint density at radius 3 is 1.98 bits per heavy atom. The second-order valence-corrected chi connectivity index (χ2v) is 17.5. The number of hydrogen-bond donors (Lipinski definition) is 3. The fourth-order valence-electron chi connectivity index (χ4n) is 9.18. The van der Waals surface area contributed by atoms with E-state index in [1.807, 2.05) is 63.2 Å². The van der Waals surface area contributed by atoms with Crippen LogP contribution in [0.15, 0.2) is 67.0 Å². The van der Waals surface area contributed by atoms with Crippen molar-refractivity contribution in [2.45, 2.75) is 77.5 Å². The Bertz CT molecular complexity index is 2420. The number of carbonyl (C=O) groups excluding carboxylic acids is 3. The number of imidazole rings is 2. The predicted octanol–water partition coefficient (Wildman–Crippen LogP) is 7.87. The normalized spacial score (nSPS) is 20.7. The molecule has 5 aromatic rings. The van der Waals surface area contributed by atoms with Crippen molar-refractivity contribution in [3.05, 3.63) is 95.3 Å². The van der Waals surface area contributed by atoms with E-state index in [0.29, 0.717) is 63.0 Å². The number of nitrogens with zero attached hydrogens (tertiary/aromatic N) is 4. The highest BCUT2D eigenvalue weighted by Gasteiger charge is 2.42. The largest absolute Gasteiger partial charge is 0.488 e. The average Bonchev–Trinajstić information content (AvgIpc) is 4.08. The first-order chi connectivity index (χ1) is 29.4. The number of carbonyl (C=O) groups is 3. The van der Waals surface area contributed by atoms with Crippen molar-refractivity contribution in [1.82, 2.24) is 35.1 Å². The predicted molar refractivity (Wildman–Crippen MR) is 224 cm³/mol. The van der Waals surface area contributed by atoms with Crippen molar-refractivity contribution >= 4 is 18.1 Å². The number of likely N-dealkylation sites (tertiary alicyclic amines) is 2. The topological polar surface area (TPSA) is 173 Å². The first-order valence-corrected chi connectivity index (χ1v) is 20.8. The standard InChI is InChI=1S/C46H51N7O8/c1-25-12-34(52(20-25)43(54)40(51-44(55)58-6)27-10-8-7-9-11-27)41-47-18-32(49-41)28-14-30-23-60-37-17-29(15-31-24-59-36(16-28)38(30)39(31)37)33-19-48-42(50-33)35-13-26(22-57-5)21-53(35)45(56)61-46(2,3)4/h7-11,14-19,25-26,34-35,40H,12-13,20-24H2,1-6H3,(H,47,49)(H,48,50)(H,51,55)/t25-,26?,34-,35?,40+/m0/s1. The molecule has 2 saturated heterocycles. The van der Waals surface area contributed by atoms with Crippen LogP contribution in [0.3, 0.4) is 0 Å². The third kappa shape index (κ3) is 7.78. The van der Waals surface area contributed by atoms with Gasteiger partial charge in [-0.05, 0) is 69.4 Å². The van der Waals surface area contributed by atoms with Gasteiger partial charge in [-0.1, -0.05) is 37.3 Å². The highest BCUT2D eigenvalue weighted by molar-refractivity contribution is 5.89. The number of methoxy groups -OCH3 is 2. The molecule has 318 valence electrons. The van der Waals surface area contributed by atoms with Gasteiger partial charge in [-0.2, -0.15) is 0 Å². The summed E-state index contributed by atoms with van der Waals surface area (Å²) in [4.78, 5) is 59.9. The van der Waals surface area contributed by atoms with E-state index in [9.17, 15) is 14.4 Å². The maximum atomic E-state index is 14.2. The fourth-order valence-corrected chi connectivity index (χ4v) is 9.18. The summed E-state index contributed by atoms with van der Waals surface area (Å²) in [5.41, 5.74) is 7.47. The first-order valence-electron chi connectivity index (χ1n) is 20.8. The van der Waals surface area contributed by atoms with Crippen molar-refractivity contribution in [2.24, 2.45) is 11.8 Å². The smallest absolute Gasteiger partial charge is 0.410 e. The van der Waals surface area contributed by atoms with Gasteiger partial charge in [0.25, 0.3) is 5.91 Å². The summed E-state index contributed by atoms with van der Waals surface area (Å²) >= 11 is 0. The monoisotopic (exact) mass is 829 g/mol. The van der Waals surface area contributed by atoms with Crippen molar-refractivity contribution in [3.63, 3.8) is 0 Å². The molecule has 0 bridgehead atoms. The molecule has 3 amide bonds. The van der Waals surface area contributed by atoms with Gasteiger partial charge < -0.3 is 43.9 Å². The molecule has 2 unspecified atom stereocenters. The molecule has 15 nitrogen and oxygen atoms in total. The molecule has 4 aliphatic heterocycles. The van der Waals surface area contributed by atoms with E-state index in [0.717, 1.165) is 56.3 Å². The van der Waals surface area contributed by atoms with Crippen LogP contribution in [-0.2, 0) is 32.2 Å². The Morgan fingerprint density at radius 2 is 1.43 bits per heavy atom. The molecule has 2 fully saturated rings. The zero-order valence-corrected chi connectivity index (χ0v) is 35.2. The van der Waals surface area contributed by atoms with Gasteiger partial charge in [0.05, 0.1) is 49.6 Å². The summed E-state index contributed by atoms with van der Waals surface area (Å²) < 4.78 is 29.0. The zero-order valence-electron chi connectivity index (χ0n) is 35.2. The van der Waals surface area contributed by atoms with Crippen molar-refractivity contribution < 1.29 is 38.1 Å². The van der Waals surface area contributed by atoms with Crippen LogP contribution < -0.4 is 14.8 Å². The maximum Gasteiger partial charge on any atom is 0.410 e. The zero-order chi connectivity index (χ0) is 42.6. The van der Waals surface area contributed by atoms with Gasteiger partial charge in [-0.15, -0.1) is 0 Å². The van der Waals surface area contributed by atoms with Gasteiger partial charge in [0.1, 0.15) is 48.0 Å². The molecule has 61 heavy (non-hydrogen) atoms. The van der Waals surface area contributed by atoms with Crippen LogP contribution in [0.1, 0.15) is 87.0 Å². The Hall–Kier alpha value is -6.35. The van der Waals surface area contributed by atoms with E-state index in [1.165, 1.54) is 7.11 Å². The number of ether oxygens (including phenoxy) is 5. The molecule has 0 spiro atoms. The quantitative estimate of drug-likeness (QED) is 0.133. The number of alkyl carbamates (subject to hydrolysis) is 1. The van der Waals surface area contributed by atoms with Crippen LogP contribution in [0, 0.1) is 11.8 Å². The Morgan fingerprint density at radius 1 is 0.836 bits per heavy atom. The molecule has 9 rings (SSSR count). The fraction of sp³-hybridized carbons (Fsp3) is 0.413. The number of rotatable bonds is 9. The number of amides is 3. The van der Waals surface area contributed by atoms with Gasteiger partial charge in [0.15, 0.2) is 0 Å². The van der Waals surface area contributed by atoms with Gasteiger partial charge in [-0.25, -0.2) is 19.6 Å². The van der Waals surface area contributed by atoms with Crippen LogP contribution in [0.5, 0.6) is 11.5 Å². The number of nitrogens with one attached hydrogen (secondary N) is 3. The van der Waals surface area contributed by atoms with Gasteiger partial charge in [0.2, 0.25) is 0 Å². The summed E-state index contributed by atoms with van der Waals surface area (Å²) in [6.07, 6.45) is 3.97. The Kier molecular flexibility index (Phi) is 10.5. The molecule has 5 atom stereocenters. The summed E-state index contributed by atoms with van der Waals surface area (Å²) in [5, 5.41) is 2.74. The molecule has 3 aromatic carbocycles. The van der Waals surface area contributed by atoms with Crippen LogP contribution in [-0.4, -0.2) is 87.3 Å². The lowest BCUT2D eigenvalue weighted by atomic mass is 9.87. The van der Waals surface area contributed by atoms with E-state index in [4.69, 9.17) is 33.7 Å². The third-order valence-corrected chi connectivity index (χ3v) is 11.9. The molecule has 0 saturated carbocycles. The van der Waals surface area contributed by atoms with Crippen LogP contribution in [0.2, 0.25) is 0 Å². The maximum absolute atomic E-state index is 14.2. The summed E-state index contributed by atoms with van der Waals surface area (Å²) in [5.74, 6) is 3.04. The summed E-state index contributed by atoms with van der Waals surface area (Å²) in [6, 6.07) is 16.0. The van der Waals surface area contributed by atoms with Crippen molar-refractivity contribution in [1.29, 1.82) is 0 Å². The molecule has 0 aliphatic carbocycles. The van der Waals surface area contributed by atoms with Gasteiger partial charge in [0, 0.05) is 59.5 Å². The molecule has 4 aliphatic rings. The van der Waals surface area contributed by atoms with E-state index in [2.05, 4.69) is 34.3 Å². The minimum Gasteiger partial charge on any atom is -0.488 e. The molecule has 6 heterocycles. The Labute approximate surface area is 354 Å². The Balaban J connectivity index is 0.961. The molecule has 3 N–H and O–H groups in total. The second kappa shape index (κ2) is 15.9. The van der Waals surface area contributed by atoms with E-state index in [-0.39, 0.29) is 35.9 Å². The number of aromatic amines is 2. The minimum absolute atomic E-state index is 0.161. The molecule has 0 radical (unpaired) electrons. The van der Waals surface area contributed by atoms with E-state index >= 15 is 0 Å². The molecular weight excluding hydrogens is 779 g/mol. The third-order valence-electron chi connectivity index (χ3n) is 11.9. The lowest BCUT2D eigenvalue weighted by Crippen LogP contribution is -2.43. The second-order valence-electron chi connectivity index (χ2n) is 17.5. The number of aromatic nitrogens is 4. The van der Waals surface area contributed by atoms with Crippen LogP contribution in [0.4, 0.5) is 9.59 Å². The van der Waals surface area contributed by atoms with E-state index < -0.39 is 17.7 Å². The summed E-state index contributed by atoms with van der Waals surface area (Å²) in [7, 11) is 2.96. The average molecular weight is 830 g/mol. The lowest BCUT2D eigenvalue weighted by molar-refractivity contribution is -0.134. The van der Waals surface area contributed by atoms with Crippen molar-refractivity contribution in [3.8, 4) is 45.1 Å². The SMILES string of the molecule is COCC1CC(c2ncc(-c3cc4c5c(c3)OCc3cc(-c6cnc([C@@H]7C[C@H](C)CN7C(=O)[C@H](NC(=O)OC)c7ccccc7)[nH]6)cc(c3-5)OC4)[nH]2)N(C(=O)OC(C)(C)C)C1. The van der Waals surface area contributed by atoms with E-state index in [1.54, 1.807) is 29.3 Å². The van der Waals surface area contributed by atoms with Crippen LogP contribution in [0.25, 0.3) is 33.6 Å². The lowest BCUT2D eigenvalue weighted by Gasteiger charge is -2.30. The highest BCUT2D eigenvalue weighted by atomic mass is 16.6. The van der Waals surface area contributed by atoms with Gasteiger partial charge in [-0.3, -0.25) is 9.69 Å². The number of benzene rings is 3. The van der Waals surface area contributed by atoms with Crippen molar-refractivity contribution in [2.75, 3.05) is 33.9 Å². The number of H-pyrrole nitrogens is 2. The highest BCUT2D eigenvalue weighted by Crippen LogP contribution is 2.51. The minimum atomic E-state index is -0.911. The van der Waals surface area contributed by atoms with Gasteiger partial charge >= 0.3 is 12.2 Å². The first kappa shape index (κ1) is 40.1. The van der Waals surface area contributed by atoms with Crippen LogP contribution >= 0.6 is 0 Å².